The van der Waals surface area contributed by atoms with Crippen molar-refractivity contribution in [2.75, 3.05) is 19.7 Å². The molecule has 2 N–H and O–H groups in total. The summed E-state index contributed by atoms with van der Waals surface area (Å²) in [6.45, 7) is 1.52. The van der Waals surface area contributed by atoms with Crippen molar-refractivity contribution in [1.82, 2.24) is 19.8 Å². The maximum Gasteiger partial charge on any atom is 0.318 e. The number of aromatic nitrogens is 2. The molecule has 1 atom stereocenters. The van der Waals surface area contributed by atoms with E-state index in [1.54, 1.807) is 17.4 Å². The number of fused-ring (bicyclic) bond motifs is 1. The Morgan fingerprint density at radius 3 is 3.09 bits per heavy atom. The van der Waals surface area contributed by atoms with Gasteiger partial charge in [-0.25, -0.2) is 9.78 Å². The van der Waals surface area contributed by atoms with Crippen molar-refractivity contribution in [3.8, 4) is 0 Å². The molecule has 23 heavy (non-hydrogen) atoms. The van der Waals surface area contributed by atoms with Crippen LogP contribution in [0.4, 0.5) is 4.79 Å². The number of urea groups is 1. The Labute approximate surface area is 135 Å². The Balaban J connectivity index is 1.63. The largest absolute Gasteiger partial charge is 0.395 e. The SMILES string of the molecule is O=C(NCCn1ccnc1)N(CCO)C1CCc2ccccc21. The molecule has 2 aromatic rings. The third kappa shape index (κ3) is 3.53. The zero-order chi connectivity index (χ0) is 16.1. The minimum absolute atomic E-state index is 0.0341. The van der Waals surface area contributed by atoms with Crippen LogP contribution in [-0.2, 0) is 13.0 Å². The van der Waals surface area contributed by atoms with E-state index in [0.29, 0.717) is 19.6 Å². The summed E-state index contributed by atoms with van der Waals surface area (Å²) in [6, 6.07) is 8.15. The topological polar surface area (TPSA) is 70.4 Å². The molecule has 1 aliphatic carbocycles. The van der Waals surface area contributed by atoms with Crippen molar-refractivity contribution < 1.29 is 9.90 Å². The van der Waals surface area contributed by atoms with Crippen molar-refractivity contribution in [3.05, 3.63) is 54.1 Å². The van der Waals surface area contributed by atoms with E-state index in [0.717, 1.165) is 12.8 Å². The third-order valence-electron chi connectivity index (χ3n) is 4.28. The van der Waals surface area contributed by atoms with Gasteiger partial charge in [0.25, 0.3) is 0 Å². The predicted octanol–water partition coefficient (Wildman–Crippen LogP) is 1.57. The second kappa shape index (κ2) is 7.28. The first-order chi connectivity index (χ1) is 11.3. The van der Waals surface area contributed by atoms with E-state index in [9.17, 15) is 9.90 Å². The number of benzene rings is 1. The number of nitrogens with zero attached hydrogens (tertiary/aromatic N) is 3. The first-order valence-corrected chi connectivity index (χ1v) is 7.98. The van der Waals surface area contributed by atoms with Gasteiger partial charge in [0.05, 0.1) is 19.0 Å². The monoisotopic (exact) mass is 314 g/mol. The van der Waals surface area contributed by atoms with Crippen molar-refractivity contribution in [1.29, 1.82) is 0 Å². The van der Waals surface area contributed by atoms with Crippen LogP contribution < -0.4 is 5.32 Å². The summed E-state index contributed by atoms with van der Waals surface area (Å²) >= 11 is 0. The number of rotatable bonds is 6. The summed E-state index contributed by atoms with van der Waals surface area (Å²) < 4.78 is 1.92. The van der Waals surface area contributed by atoms with Gasteiger partial charge in [-0.1, -0.05) is 24.3 Å². The highest BCUT2D eigenvalue weighted by Gasteiger charge is 2.30. The van der Waals surface area contributed by atoms with Gasteiger partial charge in [0, 0.05) is 32.0 Å². The molecule has 0 bridgehead atoms. The number of aryl methyl sites for hydroxylation is 1. The molecule has 122 valence electrons. The molecule has 0 radical (unpaired) electrons. The summed E-state index contributed by atoms with van der Waals surface area (Å²) in [5.74, 6) is 0. The molecule has 1 heterocycles. The van der Waals surface area contributed by atoms with Gasteiger partial charge in [-0.2, -0.15) is 0 Å². The van der Waals surface area contributed by atoms with Crippen LogP contribution in [0.5, 0.6) is 0 Å². The fourth-order valence-corrected chi connectivity index (χ4v) is 3.18. The van der Waals surface area contributed by atoms with Crippen LogP contribution >= 0.6 is 0 Å². The normalized spacial score (nSPS) is 16.1. The summed E-state index contributed by atoms with van der Waals surface area (Å²) in [5.41, 5.74) is 2.50. The summed E-state index contributed by atoms with van der Waals surface area (Å²) in [4.78, 5) is 18.3. The lowest BCUT2D eigenvalue weighted by Crippen LogP contribution is -2.44. The lowest BCUT2D eigenvalue weighted by Gasteiger charge is -2.29. The van der Waals surface area contributed by atoms with E-state index in [1.807, 2.05) is 22.9 Å². The first-order valence-electron chi connectivity index (χ1n) is 7.98. The molecule has 6 nitrogen and oxygen atoms in total. The summed E-state index contributed by atoms with van der Waals surface area (Å²) in [5, 5.41) is 12.3. The van der Waals surface area contributed by atoms with Crippen molar-refractivity contribution in [2.24, 2.45) is 0 Å². The van der Waals surface area contributed by atoms with Gasteiger partial charge in [-0.15, -0.1) is 0 Å². The van der Waals surface area contributed by atoms with Crippen LogP contribution in [-0.4, -0.2) is 45.3 Å². The number of amides is 2. The first kappa shape index (κ1) is 15.6. The minimum Gasteiger partial charge on any atom is -0.395 e. The number of aliphatic hydroxyl groups excluding tert-OH is 1. The minimum atomic E-state index is -0.124. The lowest BCUT2D eigenvalue weighted by molar-refractivity contribution is 0.151. The highest BCUT2D eigenvalue weighted by atomic mass is 16.3. The maximum absolute atomic E-state index is 12.5. The molecular weight excluding hydrogens is 292 g/mol. The van der Waals surface area contributed by atoms with Crippen LogP contribution in [0.2, 0.25) is 0 Å². The number of hydrogen-bond acceptors (Lipinski definition) is 3. The highest BCUT2D eigenvalue weighted by Crippen LogP contribution is 2.35. The van der Waals surface area contributed by atoms with Gasteiger partial charge in [0.15, 0.2) is 0 Å². The van der Waals surface area contributed by atoms with Crippen LogP contribution in [0.15, 0.2) is 43.0 Å². The van der Waals surface area contributed by atoms with Gasteiger partial charge in [-0.05, 0) is 24.0 Å². The average molecular weight is 314 g/mol. The standard InChI is InChI=1S/C17H22N4O2/c22-12-11-21(16-6-5-14-3-1-2-4-15(14)16)17(23)19-8-10-20-9-7-18-13-20/h1-4,7,9,13,16,22H,5-6,8,10-12H2,(H,19,23). The molecule has 6 heteroatoms. The van der Waals surface area contributed by atoms with Gasteiger partial charge in [-0.3, -0.25) is 0 Å². The van der Waals surface area contributed by atoms with Gasteiger partial charge < -0.3 is 19.9 Å². The molecule has 0 spiro atoms. The zero-order valence-electron chi connectivity index (χ0n) is 13.1. The Kier molecular flexibility index (Phi) is 4.92. The number of imidazole rings is 1. The van der Waals surface area contributed by atoms with E-state index in [-0.39, 0.29) is 18.7 Å². The van der Waals surface area contributed by atoms with E-state index in [4.69, 9.17) is 0 Å². The number of carbonyl (C=O) groups is 1. The molecular formula is C17H22N4O2. The van der Waals surface area contributed by atoms with Crippen LogP contribution in [0.25, 0.3) is 0 Å². The number of nitrogens with one attached hydrogen (secondary N) is 1. The molecule has 2 amide bonds. The van der Waals surface area contributed by atoms with E-state index < -0.39 is 0 Å². The third-order valence-corrected chi connectivity index (χ3v) is 4.28. The predicted molar refractivity (Wildman–Crippen MR) is 86.9 cm³/mol. The van der Waals surface area contributed by atoms with E-state index in [1.165, 1.54) is 11.1 Å². The molecule has 0 fully saturated rings. The lowest BCUT2D eigenvalue weighted by atomic mass is 10.1. The molecule has 1 aromatic carbocycles. The average Bonchev–Trinajstić information content (AvgIpc) is 3.22. The van der Waals surface area contributed by atoms with E-state index >= 15 is 0 Å². The number of aliphatic hydroxyl groups is 1. The molecule has 0 saturated carbocycles. The van der Waals surface area contributed by atoms with Gasteiger partial charge >= 0.3 is 6.03 Å². The molecule has 3 rings (SSSR count). The quantitative estimate of drug-likeness (QED) is 0.850. The Hall–Kier alpha value is -2.34. The Bertz CT molecular complexity index is 642. The van der Waals surface area contributed by atoms with Crippen molar-refractivity contribution >= 4 is 6.03 Å². The molecule has 1 unspecified atom stereocenters. The highest BCUT2D eigenvalue weighted by molar-refractivity contribution is 5.75. The van der Waals surface area contributed by atoms with E-state index in [2.05, 4.69) is 22.4 Å². The Morgan fingerprint density at radius 1 is 1.43 bits per heavy atom. The second-order valence-corrected chi connectivity index (χ2v) is 5.70. The summed E-state index contributed by atoms with van der Waals surface area (Å²) in [6.07, 6.45) is 7.20. The summed E-state index contributed by atoms with van der Waals surface area (Å²) in [7, 11) is 0. The fourth-order valence-electron chi connectivity index (χ4n) is 3.18. The van der Waals surface area contributed by atoms with Crippen molar-refractivity contribution in [2.45, 2.75) is 25.4 Å². The smallest absolute Gasteiger partial charge is 0.318 e. The van der Waals surface area contributed by atoms with Crippen molar-refractivity contribution in [3.63, 3.8) is 0 Å². The fraction of sp³-hybridized carbons (Fsp3) is 0.412. The van der Waals surface area contributed by atoms with Crippen LogP contribution in [0, 0.1) is 0 Å². The zero-order valence-corrected chi connectivity index (χ0v) is 13.1. The Morgan fingerprint density at radius 2 is 2.30 bits per heavy atom. The molecule has 0 saturated heterocycles. The van der Waals surface area contributed by atoms with Gasteiger partial charge in [0.1, 0.15) is 0 Å². The number of hydrogen-bond donors (Lipinski definition) is 2. The van der Waals surface area contributed by atoms with Crippen LogP contribution in [0.1, 0.15) is 23.6 Å². The molecule has 1 aliphatic rings. The van der Waals surface area contributed by atoms with Crippen LogP contribution in [0.3, 0.4) is 0 Å². The maximum atomic E-state index is 12.5. The van der Waals surface area contributed by atoms with Gasteiger partial charge in [0.2, 0.25) is 0 Å². The second-order valence-electron chi connectivity index (χ2n) is 5.70. The number of carbonyl (C=O) groups excluding carboxylic acids is 1. The molecule has 0 aliphatic heterocycles. The molecule has 1 aromatic heterocycles.